The van der Waals surface area contributed by atoms with Crippen molar-refractivity contribution in [3.8, 4) is 0 Å². The average Bonchev–Trinajstić information content (AvgIpc) is 3.22. The van der Waals surface area contributed by atoms with Crippen LogP contribution in [0, 0.1) is 34.5 Å². The van der Waals surface area contributed by atoms with Gasteiger partial charge in [0.05, 0.1) is 19.8 Å². The van der Waals surface area contributed by atoms with Crippen LogP contribution in [0.1, 0.15) is 109 Å². The quantitative estimate of drug-likeness (QED) is 0.0648. The predicted molar refractivity (Wildman–Crippen MR) is 263 cm³/mol. The van der Waals surface area contributed by atoms with Crippen LogP contribution in [0.3, 0.4) is 0 Å². The van der Waals surface area contributed by atoms with Gasteiger partial charge in [-0.05, 0) is 104 Å². The SMILES string of the molecule is CC1=CC[C@@H](C/C=C(\C)CO)C(C)(C)[C@@H]1/C=C/C(C)=C/C=C/C(C)=C/C=C/C=C(C)/C=C/C=C(C)/C=C/[C@@H]1C(C)=CC[C@@H](C/C=C(\C)CO[C@H]2O[C@@H](CO)[C@H](O)[C@@H](O)[C@@H]2O)C1(C)C. The number of aliphatic hydroxyl groups is 5. The lowest BCUT2D eigenvalue weighted by molar-refractivity contribution is -0.299. The summed E-state index contributed by atoms with van der Waals surface area (Å²) in [4.78, 5) is 0. The van der Waals surface area contributed by atoms with E-state index in [0.29, 0.717) is 23.7 Å². The fraction of sp³-hybridized carbons (Fsp3) is 0.536. The fourth-order valence-corrected chi connectivity index (χ4v) is 8.86. The molecular weight excluding hydrogens is 785 g/mol. The van der Waals surface area contributed by atoms with Crippen molar-refractivity contribution in [1.82, 2.24) is 0 Å². The molecule has 1 saturated heterocycles. The molecule has 0 spiro atoms. The Kier molecular flexibility index (Phi) is 21.9. The zero-order valence-corrected chi connectivity index (χ0v) is 40.6. The fourth-order valence-electron chi connectivity index (χ4n) is 8.86. The summed E-state index contributed by atoms with van der Waals surface area (Å²) in [5, 5.41) is 49.3. The molecule has 7 heteroatoms. The molecule has 0 aromatic carbocycles. The van der Waals surface area contributed by atoms with E-state index >= 15 is 0 Å². The second-order valence-electron chi connectivity index (χ2n) is 19.6. The Morgan fingerprint density at radius 1 is 0.619 bits per heavy atom. The Morgan fingerprint density at radius 3 is 1.49 bits per heavy atom. The van der Waals surface area contributed by atoms with E-state index in [1.807, 2.05) is 13.8 Å². The van der Waals surface area contributed by atoms with Crippen LogP contribution in [-0.2, 0) is 9.47 Å². The first kappa shape index (κ1) is 53.7. The molecule has 1 aliphatic heterocycles. The van der Waals surface area contributed by atoms with Crippen molar-refractivity contribution in [1.29, 1.82) is 0 Å². The molecule has 0 amide bonds. The molecular formula is C56H82O7. The van der Waals surface area contributed by atoms with Crippen molar-refractivity contribution in [2.75, 3.05) is 19.8 Å². The van der Waals surface area contributed by atoms with Gasteiger partial charge in [-0.2, -0.15) is 0 Å². The van der Waals surface area contributed by atoms with Crippen molar-refractivity contribution in [2.45, 2.75) is 139 Å². The maximum absolute atomic E-state index is 10.3. The molecule has 0 aromatic rings. The second-order valence-corrected chi connectivity index (χ2v) is 19.6. The molecule has 1 fully saturated rings. The normalized spacial score (nSPS) is 30.7. The van der Waals surface area contributed by atoms with E-state index in [4.69, 9.17) is 9.47 Å². The number of ether oxygens (including phenoxy) is 2. The topological polar surface area (TPSA) is 120 Å². The molecule has 2 aliphatic carbocycles. The lowest BCUT2D eigenvalue weighted by Crippen LogP contribution is -2.59. The van der Waals surface area contributed by atoms with E-state index < -0.39 is 37.3 Å². The summed E-state index contributed by atoms with van der Waals surface area (Å²) in [7, 11) is 0. The number of rotatable bonds is 19. The highest BCUT2D eigenvalue weighted by atomic mass is 16.7. The molecule has 0 saturated carbocycles. The molecule has 3 rings (SSSR count). The smallest absolute Gasteiger partial charge is 0.187 e. The molecule has 3 aliphatic rings. The van der Waals surface area contributed by atoms with Gasteiger partial charge in [0.2, 0.25) is 0 Å². The molecule has 0 radical (unpaired) electrons. The van der Waals surface area contributed by atoms with Gasteiger partial charge in [0.15, 0.2) is 6.29 Å². The monoisotopic (exact) mass is 867 g/mol. The highest BCUT2D eigenvalue weighted by Crippen LogP contribution is 2.49. The van der Waals surface area contributed by atoms with Crippen molar-refractivity contribution in [3.63, 3.8) is 0 Å². The summed E-state index contributed by atoms with van der Waals surface area (Å²) in [6.45, 7) is 26.3. The highest BCUT2D eigenvalue weighted by Gasteiger charge is 2.44. The third kappa shape index (κ3) is 16.4. The molecule has 5 N–H and O–H groups in total. The minimum Gasteiger partial charge on any atom is -0.394 e. The summed E-state index contributed by atoms with van der Waals surface area (Å²) < 4.78 is 11.2. The molecule has 0 unspecified atom stereocenters. The minimum atomic E-state index is -1.45. The second kappa shape index (κ2) is 25.7. The standard InChI is InChI=1S/C56H82O7/c1-38(19-15-21-40(3)25-33-48-44(7)27-31-46(55(48,9)10)29-23-42(5)35-57)17-13-14-18-39(2)20-16-22-41(4)26-34-49-45(8)28-32-47(56(49,11)12)30-24-43(6)37-62-54-53(61)52(60)51(59)50(36-58)63-54/h13-28,33-34,46-54,57-61H,29-32,35-37H2,1-12H3/b14-13+,19-15+,20-16+,33-25+,34-26+,38-17+,39-18+,40-21+,41-22+,42-23+,43-24+/t46-,47-,48-,49-,50+,51+,52-,53+,54+/m1/s1. The molecule has 63 heavy (non-hydrogen) atoms. The van der Waals surface area contributed by atoms with Crippen LogP contribution in [0.5, 0.6) is 0 Å². The van der Waals surface area contributed by atoms with Crippen molar-refractivity contribution >= 4 is 0 Å². The summed E-state index contributed by atoms with van der Waals surface area (Å²) in [5.41, 5.74) is 9.76. The molecule has 348 valence electrons. The van der Waals surface area contributed by atoms with Crippen LogP contribution in [0.2, 0.25) is 0 Å². The summed E-state index contributed by atoms with van der Waals surface area (Å²) in [5.74, 6) is 1.64. The predicted octanol–water partition coefficient (Wildman–Crippen LogP) is 11.3. The van der Waals surface area contributed by atoms with Gasteiger partial charge in [0, 0.05) is 11.8 Å². The summed E-state index contributed by atoms with van der Waals surface area (Å²) in [6.07, 6.45) is 37.1. The number of hydrogen-bond acceptors (Lipinski definition) is 7. The number of aliphatic hydroxyl groups excluding tert-OH is 5. The van der Waals surface area contributed by atoms with E-state index in [9.17, 15) is 25.5 Å². The maximum Gasteiger partial charge on any atom is 0.187 e. The van der Waals surface area contributed by atoms with E-state index in [1.54, 1.807) is 0 Å². The Bertz CT molecular complexity index is 1900. The number of hydrogen-bond donors (Lipinski definition) is 5. The first-order chi connectivity index (χ1) is 29.7. The molecule has 0 bridgehead atoms. The van der Waals surface area contributed by atoms with Crippen LogP contribution in [0.15, 0.2) is 154 Å². The van der Waals surface area contributed by atoms with Gasteiger partial charge in [0.25, 0.3) is 0 Å². The third-order valence-corrected chi connectivity index (χ3v) is 13.6. The molecule has 0 aromatic heterocycles. The van der Waals surface area contributed by atoms with Crippen molar-refractivity contribution < 1.29 is 35.0 Å². The van der Waals surface area contributed by atoms with Gasteiger partial charge in [0.1, 0.15) is 24.4 Å². The van der Waals surface area contributed by atoms with E-state index in [2.05, 4.69) is 179 Å². The van der Waals surface area contributed by atoms with Crippen LogP contribution in [-0.4, -0.2) is 76.1 Å². The first-order valence-electron chi connectivity index (χ1n) is 23.0. The first-order valence-corrected chi connectivity index (χ1v) is 23.0. The van der Waals surface area contributed by atoms with Gasteiger partial charge in [-0.1, -0.05) is 182 Å². The average molecular weight is 867 g/mol. The van der Waals surface area contributed by atoms with Crippen LogP contribution >= 0.6 is 0 Å². The Morgan fingerprint density at radius 2 is 1.05 bits per heavy atom. The highest BCUT2D eigenvalue weighted by molar-refractivity contribution is 5.33. The van der Waals surface area contributed by atoms with Crippen LogP contribution < -0.4 is 0 Å². The third-order valence-electron chi connectivity index (χ3n) is 13.6. The molecule has 9 atom stereocenters. The van der Waals surface area contributed by atoms with E-state index in [-0.39, 0.29) is 24.0 Å². The van der Waals surface area contributed by atoms with Crippen LogP contribution in [0.4, 0.5) is 0 Å². The van der Waals surface area contributed by atoms with Gasteiger partial charge in [-0.25, -0.2) is 0 Å². The molecule has 7 nitrogen and oxygen atoms in total. The largest absolute Gasteiger partial charge is 0.394 e. The zero-order chi connectivity index (χ0) is 46.9. The Balaban J connectivity index is 1.51. The van der Waals surface area contributed by atoms with Crippen molar-refractivity contribution in [3.05, 3.63) is 154 Å². The summed E-state index contributed by atoms with van der Waals surface area (Å²) >= 11 is 0. The van der Waals surface area contributed by atoms with Gasteiger partial charge in [-0.15, -0.1) is 0 Å². The van der Waals surface area contributed by atoms with E-state index in [0.717, 1.165) is 42.4 Å². The summed E-state index contributed by atoms with van der Waals surface area (Å²) in [6, 6.07) is 0. The van der Waals surface area contributed by atoms with Crippen molar-refractivity contribution in [2.24, 2.45) is 34.5 Å². The van der Waals surface area contributed by atoms with Gasteiger partial charge in [-0.3, -0.25) is 0 Å². The van der Waals surface area contributed by atoms with Gasteiger partial charge < -0.3 is 35.0 Å². The van der Waals surface area contributed by atoms with Crippen LogP contribution in [0.25, 0.3) is 0 Å². The number of allylic oxidation sites excluding steroid dienone is 24. The Labute approximate surface area is 381 Å². The lowest BCUT2D eigenvalue weighted by atomic mass is 9.61. The zero-order valence-electron chi connectivity index (χ0n) is 40.6. The van der Waals surface area contributed by atoms with Gasteiger partial charge >= 0.3 is 0 Å². The Hall–Kier alpha value is -3.66. The van der Waals surface area contributed by atoms with E-state index in [1.165, 1.54) is 27.9 Å². The lowest BCUT2D eigenvalue weighted by Gasteiger charge is -2.43. The minimum absolute atomic E-state index is 0.0231. The maximum atomic E-state index is 10.3. The molecule has 1 heterocycles.